The molecule has 2 N–H and O–H groups in total. The number of carbonyl (C=O) groups excluding carboxylic acids is 1. The number of nitrogens with two attached hydrogens (primary N) is 1. The fraction of sp³-hybridized carbons (Fsp3) is 0.444. The molecule has 1 aliphatic carbocycles. The van der Waals surface area contributed by atoms with Crippen LogP contribution in [0.5, 0.6) is 0 Å². The van der Waals surface area contributed by atoms with Crippen LogP contribution in [-0.2, 0) is 4.79 Å². The molecule has 0 heterocycles. The molecule has 0 aliphatic heterocycles. The summed E-state index contributed by atoms with van der Waals surface area (Å²) in [6.07, 6.45) is 5.92. The van der Waals surface area contributed by atoms with Crippen LogP contribution in [0.25, 0.3) is 0 Å². The Morgan fingerprint density at radius 2 is 2.27 bits per heavy atom. The molecule has 0 bridgehead atoms. The van der Waals surface area contributed by atoms with Crippen molar-refractivity contribution in [1.82, 2.24) is 0 Å². The number of Topliss-reactive ketones (excluding diaryl/α,β-unsaturated/α-hetero) is 1. The minimum absolute atomic E-state index is 0.139. The summed E-state index contributed by atoms with van der Waals surface area (Å²) in [5, 5.41) is 0. The van der Waals surface area contributed by atoms with E-state index in [9.17, 15) is 4.79 Å². The lowest BCUT2D eigenvalue weighted by molar-refractivity contribution is -0.116. The van der Waals surface area contributed by atoms with E-state index in [0.29, 0.717) is 6.42 Å². The topological polar surface area (TPSA) is 43.1 Å². The van der Waals surface area contributed by atoms with E-state index in [1.54, 1.807) is 6.08 Å². The van der Waals surface area contributed by atoms with Gasteiger partial charge in [-0.2, -0.15) is 0 Å². The zero-order valence-electron chi connectivity index (χ0n) is 6.92. The standard InChI is InChI=1S/C9H13NO/c1-7-4-3-5-9(2,10)6-8(7)11/h3-5H,6,10H2,1-2H3. The van der Waals surface area contributed by atoms with Gasteiger partial charge in [-0.3, -0.25) is 4.79 Å². The quantitative estimate of drug-likeness (QED) is 0.565. The van der Waals surface area contributed by atoms with Crippen LogP contribution in [0.1, 0.15) is 20.3 Å². The van der Waals surface area contributed by atoms with Crippen LogP contribution in [0.4, 0.5) is 0 Å². The first-order valence-electron chi connectivity index (χ1n) is 3.69. The summed E-state index contributed by atoms with van der Waals surface area (Å²) < 4.78 is 0. The zero-order chi connectivity index (χ0) is 8.48. The van der Waals surface area contributed by atoms with Gasteiger partial charge in [0.15, 0.2) is 5.78 Å². The first kappa shape index (κ1) is 8.21. The van der Waals surface area contributed by atoms with Gasteiger partial charge < -0.3 is 5.73 Å². The monoisotopic (exact) mass is 151 g/mol. The average Bonchev–Trinajstić information content (AvgIpc) is 1.93. The van der Waals surface area contributed by atoms with Crippen molar-refractivity contribution in [2.75, 3.05) is 0 Å². The first-order chi connectivity index (χ1) is 5.01. The molecule has 2 nitrogen and oxygen atoms in total. The summed E-state index contributed by atoms with van der Waals surface area (Å²) in [5.74, 6) is 0.139. The third-order valence-corrected chi connectivity index (χ3v) is 1.80. The maximum absolute atomic E-state index is 11.2. The van der Waals surface area contributed by atoms with Gasteiger partial charge in [-0.05, 0) is 19.4 Å². The molecule has 0 saturated heterocycles. The molecule has 1 rings (SSSR count). The first-order valence-corrected chi connectivity index (χ1v) is 3.69. The number of rotatable bonds is 0. The molecule has 1 unspecified atom stereocenters. The lowest BCUT2D eigenvalue weighted by atomic mass is 9.96. The van der Waals surface area contributed by atoms with Crippen LogP contribution in [-0.4, -0.2) is 11.3 Å². The Kier molecular flexibility index (Phi) is 1.96. The Bertz CT molecular complexity index is 236. The summed E-state index contributed by atoms with van der Waals surface area (Å²) in [4.78, 5) is 11.2. The number of allylic oxidation sites excluding steroid dienone is 3. The minimum Gasteiger partial charge on any atom is -0.322 e. The van der Waals surface area contributed by atoms with E-state index in [4.69, 9.17) is 5.73 Å². The molecule has 1 atom stereocenters. The normalized spacial score (nSPS) is 31.5. The second-order valence-corrected chi connectivity index (χ2v) is 3.31. The zero-order valence-corrected chi connectivity index (χ0v) is 6.92. The minimum atomic E-state index is -0.467. The van der Waals surface area contributed by atoms with Crippen molar-refractivity contribution in [3.8, 4) is 0 Å². The largest absolute Gasteiger partial charge is 0.322 e. The second kappa shape index (κ2) is 2.62. The van der Waals surface area contributed by atoms with Crippen molar-refractivity contribution in [2.24, 2.45) is 5.73 Å². The highest BCUT2D eigenvalue weighted by Gasteiger charge is 2.21. The Labute approximate surface area is 66.8 Å². The van der Waals surface area contributed by atoms with Gasteiger partial charge in [0.05, 0.1) is 0 Å². The molecule has 0 aromatic rings. The summed E-state index contributed by atoms with van der Waals surface area (Å²) in [6, 6.07) is 0. The Morgan fingerprint density at radius 3 is 2.91 bits per heavy atom. The van der Waals surface area contributed by atoms with Gasteiger partial charge in [0, 0.05) is 12.0 Å². The molecule has 0 radical (unpaired) electrons. The molecule has 2 heteroatoms. The maximum atomic E-state index is 11.2. The van der Waals surface area contributed by atoms with E-state index in [2.05, 4.69) is 0 Å². The lowest BCUT2D eigenvalue weighted by Gasteiger charge is -2.17. The molecule has 0 aromatic carbocycles. The predicted octanol–water partition coefficient (Wildman–Crippen LogP) is 1.18. The van der Waals surface area contributed by atoms with Crippen LogP contribution in [0.3, 0.4) is 0 Å². The SMILES string of the molecule is CC1=CC=CC(C)(N)CC1=O. The van der Waals surface area contributed by atoms with E-state index >= 15 is 0 Å². The Balaban J connectivity index is 2.88. The van der Waals surface area contributed by atoms with Gasteiger partial charge in [-0.1, -0.05) is 18.2 Å². The van der Waals surface area contributed by atoms with Crippen LogP contribution in [0, 0.1) is 0 Å². The van der Waals surface area contributed by atoms with Crippen LogP contribution in [0.2, 0.25) is 0 Å². The van der Waals surface area contributed by atoms with Crippen molar-refractivity contribution >= 4 is 5.78 Å². The third kappa shape index (κ3) is 2.02. The highest BCUT2D eigenvalue weighted by Crippen LogP contribution is 2.15. The molecule has 0 aromatic heterocycles. The van der Waals surface area contributed by atoms with E-state index in [1.165, 1.54) is 0 Å². The van der Waals surface area contributed by atoms with Crippen LogP contribution >= 0.6 is 0 Å². The second-order valence-electron chi connectivity index (χ2n) is 3.31. The van der Waals surface area contributed by atoms with Crippen molar-refractivity contribution in [3.05, 3.63) is 23.8 Å². The molecule has 0 spiro atoms. The molecule has 0 amide bonds. The van der Waals surface area contributed by atoms with Crippen molar-refractivity contribution in [1.29, 1.82) is 0 Å². The molecule has 1 aliphatic rings. The average molecular weight is 151 g/mol. The molecule has 60 valence electrons. The molecular formula is C9H13NO. The number of hydrogen-bond donors (Lipinski definition) is 1. The van der Waals surface area contributed by atoms with Gasteiger partial charge in [-0.25, -0.2) is 0 Å². The van der Waals surface area contributed by atoms with Crippen molar-refractivity contribution < 1.29 is 4.79 Å². The van der Waals surface area contributed by atoms with E-state index in [1.807, 2.05) is 26.0 Å². The fourth-order valence-electron chi connectivity index (χ4n) is 1.05. The highest BCUT2D eigenvalue weighted by molar-refractivity contribution is 5.96. The third-order valence-electron chi connectivity index (χ3n) is 1.80. The van der Waals surface area contributed by atoms with Crippen LogP contribution < -0.4 is 5.73 Å². The lowest BCUT2D eigenvalue weighted by Crippen LogP contribution is -2.35. The summed E-state index contributed by atoms with van der Waals surface area (Å²) in [6.45, 7) is 3.67. The van der Waals surface area contributed by atoms with Gasteiger partial charge in [-0.15, -0.1) is 0 Å². The molecule has 0 saturated carbocycles. The van der Waals surface area contributed by atoms with E-state index in [-0.39, 0.29) is 5.78 Å². The maximum Gasteiger partial charge on any atom is 0.160 e. The van der Waals surface area contributed by atoms with Gasteiger partial charge in [0.1, 0.15) is 0 Å². The van der Waals surface area contributed by atoms with E-state index in [0.717, 1.165) is 5.57 Å². The summed E-state index contributed by atoms with van der Waals surface area (Å²) in [7, 11) is 0. The van der Waals surface area contributed by atoms with Crippen LogP contribution in [0.15, 0.2) is 23.8 Å². The van der Waals surface area contributed by atoms with Crippen molar-refractivity contribution in [3.63, 3.8) is 0 Å². The number of carbonyl (C=O) groups is 1. The smallest absolute Gasteiger partial charge is 0.160 e. The Hall–Kier alpha value is -0.890. The number of hydrogen-bond acceptors (Lipinski definition) is 2. The van der Waals surface area contributed by atoms with Gasteiger partial charge >= 0.3 is 0 Å². The van der Waals surface area contributed by atoms with Gasteiger partial charge in [0.25, 0.3) is 0 Å². The molecular weight excluding hydrogens is 138 g/mol. The highest BCUT2D eigenvalue weighted by atomic mass is 16.1. The van der Waals surface area contributed by atoms with E-state index < -0.39 is 5.54 Å². The molecule has 11 heavy (non-hydrogen) atoms. The summed E-state index contributed by atoms with van der Waals surface area (Å²) in [5.41, 5.74) is 6.11. The summed E-state index contributed by atoms with van der Waals surface area (Å²) >= 11 is 0. The molecule has 0 fully saturated rings. The van der Waals surface area contributed by atoms with Gasteiger partial charge in [0.2, 0.25) is 0 Å². The van der Waals surface area contributed by atoms with Crippen molar-refractivity contribution in [2.45, 2.75) is 25.8 Å². The fourth-order valence-corrected chi connectivity index (χ4v) is 1.05. The Morgan fingerprint density at radius 1 is 1.64 bits per heavy atom. The number of ketones is 1. The predicted molar refractivity (Wildman–Crippen MR) is 45.1 cm³/mol.